The summed E-state index contributed by atoms with van der Waals surface area (Å²) in [5.41, 5.74) is 7.35. The van der Waals surface area contributed by atoms with Crippen LogP contribution in [-0.4, -0.2) is 48.9 Å². The van der Waals surface area contributed by atoms with E-state index >= 15 is 0 Å². The fraction of sp³-hybridized carbons (Fsp3) is 0.643. The molecule has 1 saturated heterocycles. The molecule has 0 bridgehead atoms. The molecule has 2 atom stereocenters. The maximum atomic E-state index is 11.7. The zero-order chi connectivity index (χ0) is 14.6. The molecule has 1 fully saturated rings. The molecule has 20 heavy (non-hydrogen) atoms. The first-order valence-corrected chi connectivity index (χ1v) is 8.95. The Morgan fingerprint density at radius 1 is 1.40 bits per heavy atom. The van der Waals surface area contributed by atoms with E-state index in [9.17, 15) is 8.42 Å². The van der Waals surface area contributed by atoms with Crippen LogP contribution in [0, 0.1) is 0 Å². The van der Waals surface area contributed by atoms with Crippen molar-refractivity contribution in [1.29, 1.82) is 0 Å². The van der Waals surface area contributed by atoms with Crippen LogP contribution in [0.5, 0.6) is 0 Å². The molecule has 2 heterocycles. The molecule has 2 rings (SSSR count). The van der Waals surface area contributed by atoms with Crippen LogP contribution >= 0.6 is 0 Å². The lowest BCUT2D eigenvalue weighted by atomic mass is 9.97. The van der Waals surface area contributed by atoms with Crippen LogP contribution in [-0.2, 0) is 9.84 Å². The molecule has 1 aromatic heterocycles. The summed E-state index contributed by atoms with van der Waals surface area (Å²) in [6.07, 6.45) is 5.10. The average Bonchev–Trinajstić information content (AvgIpc) is 2.62. The fourth-order valence-electron chi connectivity index (χ4n) is 2.74. The van der Waals surface area contributed by atoms with Gasteiger partial charge in [0.1, 0.15) is 0 Å². The minimum absolute atomic E-state index is 0.0139. The van der Waals surface area contributed by atoms with Crippen LogP contribution in [0.15, 0.2) is 24.5 Å². The number of hydrogen-bond acceptors (Lipinski definition) is 5. The van der Waals surface area contributed by atoms with Crippen molar-refractivity contribution in [3.63, 3.8) is 0 Å². The SMILES string of the molecule is CCC(N)C(c1cccnc1)N1CCCS(=O)(=O)CC1. The summed E-state index contributed by atoms with van der Waals surface area (Å²) in [6, 6.07) is 3.95. The highest BCUT2D eigenvalue weighted by atomic mass is 32.2. The largest absolute Gasteiger partial charge is 0.326 e. The van der Waals surface area contributed by atoms with Crippen LogP contribution in [0.2, 0.25) is 0 Å². The molecule has 0 aromatic carbocycles. The van der Waals surface area contributed by atoms with E-state index in [4.69, 9.17) is 5.73 Å². The van der Waals surface area contributed by atoms with E-state index in [0.29, 0.717) is 13.0 Å². The van der Waals surface area contributed by atoms with Crippen LogP contribution in [0.4, 0.5) is 0 Å². The molecule has 1 aliphatic heterocycles. The zero-order valence-corrected chi connectivity index (χ0v) is 12.7. The van der Waals surface area contributed by atoms with Gasteiger partial charge in [0.05, 0.1) is 17.5 Å². The standard InChI is InChI=1S/C14H23N3O2S/c1-2-13(15)14(12-5-3-6-16-11-12)17-7-4-9-20(18,19)10-8-17/h3,5-6,11,13-14H,2,4,7-10,15H2,1H3. The van der Waals surface area contributed by atoms with Crippen LogP contribution in [0.1, 0.15) is 31.4 Å². The van der Waals surface area contributed by atoms with Crippen molar-refractivity contribution in [3.8, 4) is 0 Å². The lowest BCUT2D eigenvalue weighted by Gasteiger charge is -2.34. The van der Waals surface area contributed by atoms with E-state index in [1.165, 1.54) is 0 Å². The van der Waals surface area contributed by atoms with Crippen LogP contribution in [0.3, 0.4) is 0 Å². The van der Waals surface area contributed by atoms with Gasteiger partial charge < -0.3 is 5.73 Å². The van der Waals surface area contributed by atoms with E-state index in [0.717, 1.165) is 18.5 Å². The summed E-state index contributed by atoms with van der Waals surface area (Å²) in [5, 5.41) is 0. The molecular formula is C14H23N3O2S. The predicted octanol–water partition coefficient (Wildman–Crippen LogP) is 0.980. The van der Waals surface area contributed by atoms with E-state index in [2.05, 4.69) is 16.8 Å². The highest BCUT2D eigenvalue weighted by molar-refractivity contribution is 7.91. The highest BCUT2D eigenvalue weighted by Gasteiger charge is 2.29. The molecule has 2 N–H and O–H groups in total. The molecule has 1 aliphatic rings. The third-order valence-electron chi connectivity index (χ3n) is 3.89. The number of nitrogens with zero attached hydrogens (tertiary/aromatic N) is 2. The van der Waals surface area contributed by atoms with E-state index in [1.807, 2.05) is 18.3 Å². The monoisotopic (exact) mass is 297 g/mol. The van der Waals surface area contributed by atoms with Crippen molar-refractivity contribution in [1.82, 2.24) is 9.88 Å². The van der Waals surface area contributed by atoms with Crippen molar-refractivity contribution in [2.75, 3.05) is 24.6 Å². The van der Waals surface area contributed by atoms with Gasteiger partial charge in [0, 0.05) is 25.0 Å². The second kappa shape index (κ2) is 6.65. The Balaban J connectivity index is 2.23. The second-order valence-corrected chi connectivity index (χ2v) is 7.65. The first kappa shape index (κ1) is 15.4. The number of nitrogens with two attached hydrogens (primary N) is 1. The van der Waals surface area contributed by atoms with Gasteiger partial charge in [-0.2, -0.15) is 0 Å². The van der Waals surface area contributed by atoms with Gasteiger partial charge >= 0.3 is 0 Å². The summed E-state index contributed by atoms with van der Waals surface area (Å²) < 4.78 is 23.5. The van der Waals surface area contributed by atoms with Gasteiger partial charge in [-0.15, -0.1) is 0 Å². The van der Waals surface area contributed by atoms with Crippen LogP contribution < -0.4 is 5.73 Å². The van der Waals surface area contributed by atoms with Gasteiger partial charge in [0.15, 0.2) is 9.84 Å². The molecule has 0 aliphatic carbocycles. The molecule has 2 unspecified atom stereocenters. The summed E-state index contributed by atoms with van der Waals surface area (Å²) >= 11 is 0. The molecule has 112 valence electrons. The smallest absolute Gasteiger partial charge is 0.151 e. The van der Waals surface area contributed by atoms with E-state index < -0.39 is 9.84 Å². The Labute approximate surface area is 121 Å². The van der Waals surface area contributed by atoms with Gasteiger partial charge in [-0.3, -0.25) is 9.88 Å². The topological polar surface area (TPSA) is 76.3 Å². The van der Waals surface area contributed by atoms with Crippen molar-refractivity contribution < 1.29 is 8.42 Å². The number of sulfone groups is 1. The molecule has 0 radical (unpaired) electrons. The molecule has 1 aromatic rings. The zero-order valence-electron chi connectivity index (χ0n) is 11.9. The number of aromatic nitrogens is 1. The predicted molar refractivity (Wildman–Crippen MR) is 80.1 cm³/mol. The normalized spacial score (nSPS) is 22.9. The Bertz CT molecular complexity index is 518. The lowest BCUT2D eigenvalue weighted by molar-refractivity contribution is 0.182. The fourth-order valence-corrected chi connectivity index (χ4v) is 4.02. The Morgan fingerprint density at radius 3 is 2.85 bits per heavy atom. The van der Waals surface area contributed by atoms with Gasteiger partial charge in [0.25, 0.3) is 0 Å². The molecule has 0 amide bonds. The lowest BCUT2D eigenvalue weighted by Crippen LogP contribution is -2.42. The maximum Gasteiger partial charge on any atom is 0.151 e. The minimum atomic E-state index is -2.90. The molecular weight excluding hydrogens is 274 g/mol. The van der Waals surface area contributed by atoms with Gasteiger partial charge in [-0.25, -0.2) is 8.42 Å². The van der Waals surface area contributed by atoms with Gasteiger partial charge in [-0.05, 0) is 31.0 Å². The number of rotatable bonds is 4. The number of hydrogen-bond donors (Lipinski definition) is 1. The summed E-state index contributed by atoms with van der Waals surface area (Å²) in [7, 11) is -2.90. The first-order chi connectivity index (χ1) is 9.53. The van der Waals surface area contributed by atoms with Gasteiger partial charge in [-0.1, -0.05) is 13.0 Å². The van der Waals surface area contributed by atoms with E-state index in [1.54, 1.807) is 6.20 Å². The maximum absolute atomic E-state index is 11.7. The summed E-state index contributed by atoms with van der Waals surface area (Å²) in [5.74, 6) is 0.505. The first-order valence-electron chi connectivity index (χ1n) is 7.13. The third kappa shape index (κ3) is 3.77. The second-order valence-electron chi connectivity index (χ2n) is 5.34. The number of pyridine rings is 1. The van der Waals surface area contributed by atoms with E-state index in [-0.39, 0.29) is 23.6 Å². The average molecular weight is 297 g/mol. The molecule has 6 heteroatoms. The summed E-state index contributed by atoms with van der Waals surface area (Å²) in [4.78, 5) is 6.37. The third-order valence-corrected chi connectivity index (χ3v) is 5.60. The van der Waals surface area contributed by atoms with Crippen molar-refractivity contribution in [2.24, 2.45) is 5.73 Å². The van der Waals surface area contributed by atoms with Gasteiger partial charge in [0.2, 0.25) is 0 Å². The Morgan fingerprint density at radius 2 is 2.20 bits per heavy atom. The molecule has 5 nitrogen and oxygen atoms in total. The molecule has 0 saturated carbocycles. The summed E-state index contributed by atoms with van der Waals surface area (Å²) in [6.45, 7) is 3.38. The Kier molecular flexibility index (Phi) is 5.12. The van der Waals surface area contributed by atoms with Crippen molar-refractivity contribution in [2.45, 2.75) is 31.8 Å². The quantitative estimate of drug-likeness (QED) is 0.896. The highest BCUT2D eigenvalue weighted by Crippen LogP contribution is 2.26. The molecule has 0 spiro atoms. The Hall–Kier alpha value is -0.980. The van der Waals surface area contributed by atoms with Crippen molar-refractivity contribution in [3.05, 3.63) is 30.1 Å². The minimum Gasteiger partial charge on any atom is -0.326 e. The van der Waals surface area contributed by atoms with Crippen molar-refractivity contribution >= 4 is 9.84 Å². The van der Waals surface area contributed by atoms with Crippen LogP contribution in [0.25, 0.3) is 0 Å².